The van der Waals surface area contributed by atoms with Crippen LogP contribution in [0.1, 0.15) is 33.1 Å². The van der Waals surface area contributed by atoms with Crippen molar-refractivity contribution in [3.05, 3.63) is 22.5 Å². The molecule has 3 rings (SSSR count). The van der Waals surface area contributed by atoms with Crippen molar-refractivity contribution in [2.45, 2.75) is 45.3 Å². The summed E-state index contributed by atoms with van der Waals surface area (Å²) in [5.41, 5.74) is 0.272. The van der Waals surface area contributed by atoms with Crippen LogP contribution in [0, 0.1) is 0 Å². The predicted molar refractivity (Wildman–Crippen MR) is 92.5 cm³/mol. The number of halogens is 3. The lowest BCUT2D eigenvalue weighted by Crippen LogP contribution is -2.49. The highest BCUT2D eigenvalue weighted by Crippen LogP contribution is 2.34. The number of piperidine rings is 1. The van der Waals surface area contributed by atoms with Crippen LogP contribution in [0.15, 0.2) is 16.9 Å². The molecule has 1 aromatic heterocycles. The molecule has 0 bridgehead atoms. The van der Waals surface area contributed by atoms with Crippen molar-refractivity contribution in [2.24, 2.45) is 0 Å². The van der Waals surface area contributed by atoms with Crippen molar-refractivity contribution in [1.29, 1.82) is 0 Å². The van der Waals surface area contributed by atoms with E-state index in [1.807, 2.05) is 18.7 Å². The van der Waals surface area contributed by atoms with Crippen LogP contribution >= 0.6 is 0 Å². The fourth-order valence-corrected chi connectivity index (χ4v) is 3.23. The number of H-pyrrole nitrogens is 1. The van der Waals surface area contributed by atoms with Gasteiger partial charge in [0.15, 0.2) is 0 Å². The van der Waals surface area contributed by atoms with Gasteiger partial charge in [0, 0.05) is 37.5 Å². The third kappa shape index (κ3) is 4.90. The van der Waals surface area contributed by atoms with Crippen molar-refractivity contribution < 1.29 is 17.9 Å². The first-order valence-electron chi connectivity index (χ1n) is 8.85. The van der Waals surface area contributed by atoms with Crippen molar-refractivity contribution in [2.75, 3.05) is 42.6 Å². The molecular weight excluding hydrogens is 335 g/mol. The topological polar surface area (TPSA) is 48.6 Å². The highest BCUT2D eigenvalue weighted by molar-refractivity contribution is 5.56. The van der Waals surface area contributed by atoms with E-state index in [9.17, 15) is 18.0 Å². The SMILES string of the molecule is CC.O=c1cc(N2CCOCC2)cc(N2CCCCC2C(F)(F)F)[nH]1. The molecule has 0 saturated carbocycles. The maximum absolute atomic E-state index is 13.3. The largest absolute Gasteiger partial charge is 0.408 e. The smallest absolute Gasteiger partial charge is 0.378 e. The average Bonchev–Trinajstić information content (AvgIpc) is 2.63. The van der Waals surface area contributed by atoms with Gasteiger partial charge in [-0.25, -0.2) is 0 Å². The number of hydrogen-bond donors (Lipinski definition) is 1. The Morgan fingerprint density at radius 3 is 2.44 bits per heavy atom. The summed E-state index contributed by atoms with van der Waals surface area (Å²) in [4.78, 5) is 17.8. The van der Waals surface area contributed by atoms with Gasteiger partial charge in [-0.1, -0.05) is 13.8 Å². The van der Waals surface area contributed by atoms with Crippen LogP contribution in [0.5, 0.6) is 0 Å². The minimum Gasteiger partial charge on any atom is -0.378 e. The molecule has 0 aliphatic carbocycles. The molecule has 2 fully saturated rings. The second-order valence-electron chi connectivity index (χ2n) is 5.93. The van der Waals surface area contributed by atoms with Crippen LogP contribution < -0.4 is 15.4 Å². The van der Waals surface area contributed by atoms with Gasteiger partial charge in [-0.15, -0.1) is 0 Å². The second kappa shape index (κ2) is 8.60. The lowest BCUT2D eigenvalue weighted by Gasteiger charge is -2.38. The van der Waals surface area contributed by atoms with E-state index in [2.05, 4.69) is 4.98 Å². The molecule has 1 aromatic rings. The van der Waals surface area contributed by atoms with Crippen LogP contribution in [0.25, 0.3) is 0 Å². The van der Waals surface area contributed by atoms with Crippen molar-refractivity contribution >= 4 is 11.5 Å². The van der Waals surface area contributed by atoms with Gasteiger partial charge in [0.05, 0.1) is 13.2 Å². The van der Waals surface area contributed by atoms with Crippen LogP contribution in [-0.2, 0) is 4.74 Å². The molecule has 2 saturated heterocycles. The lowest BCUT2D eigenvalue weighted by atomic mass is 10.0. The summed E-state index contributed by atoms with van der Waals surface area (Å²) in [5.74, 6) is 0.251. The van der Waals surface area contributed by atoms with Crippen molar-refractivity contribution in [3.63, 3.8) is 0 Å². The third-order valence-electron chi connectivity index (χ3n) is 4.38. The Bertz CT molecular complexity index is 598. The number of alkyl halides is 3. The molecule has 0 spiro atoms. The number of aromatic nitrogens is 1. The fourth-order valence-electron chi connectivity index (χ4n) is 3.23. The van der Waals surface area contributed by atoms with E-state index < -0.39 is 12.2 Å². The summed E-state index contributed by atoms with van der Waals surface area (Å²) in [6.07, 6.45) is -3.00. The number of nitrogens with one attached hydrogen (secondary N) is 1. The first-order valence-corrected chi connectivity index (χ1v) is 8.85. The van der Waals surface area contributed by atoms with Crippen LogP contribution in [-0.4, -0.2) is 50.1 Å². The molecule has 1 atom stereocenters. The molecule has 8 heteroatoms. The molecule has 25 heavy (non-hydrogen) atoms. The van der Waals surface area contributed by atoms with Crippen molar-refractivity contribution in [1.82, 2.24) is 4.98 Å². The van der Waals surface area contributed by atoms with E-state index in [0.29, 0.717) is 51.4 Å². The van der Waals surface area contributed by atoms with Crippen LogP contribution in [0.3, 0.4) is 0 Å². The number of aromatic amines is 1. The molecule has 2 aliphatic rings. The zero-order chi connectivity index (χ0) is 18.4. The summed E-state index contributed by atoms with van der Waals surface area (Å²) in [7, 11) is 0. The Hall–Kier alpha value is -1.70. The van der Waals surface area contributed by atoms with E-state index in [4.69, 9.17) is 4.74 Å². The highest BCUT2D eigenvalue weighted by Gasteiger charge is 2.45. The molecule has 1 N–H and O–H groups in total. The quantitative estimate of drug-likeness (QED) is 0.879. The van der Waals surface area contributed by atoms with Gasteiger partial charge in [0.25, 0.3) is 5.56 Å². The Labute approximate surface area is 145 Å². The Kier molecular flexibility index (Phi) is 6.75. The molecular formula is C17H26F3N3O2. The molecule has 3 heterocycles. The molecule has 2 aliphatic heterocycles. The van der Waals surface area contributed by atoms with E-state index in [1.165, 1.54) is 11.0 Å². The summed E-state index contributed by atoms with van der Waals surface area (Å²) in [6, 6.07) is 1.55. The Morgan fingerprint density at radius 2 is 1.80 bits per heavy atom. The number of pyridine rings is 1. The summed E-state index contributed by atoms with van der Waals surface area (Å²) < 4.78 is 45.1. The summed E-state index contributed by atoms with van der Waals surface area (Å²) in [5, 5.41) is 0. The highest BCUT2D eigenvalue weighted by atomic mass is 19.4. The Morgan fingerprint density at radius 1 is 1.12 bits per heavy atom. The fraction of sp³-hybridized carbons (Fsp3) is 0.706. The Balaban J connectivity index is 0.00000109. The van der Waals surface area contributed by atoms with Gasteiger partial charge in [0.1, 0.15) is 11.9 Å². The van der Waals surface area contributed by atoms with E-state index >= 15 is 0 Å². The minimum atomic E-state index is -4.30. The van der Waals surface area contributed by atoms with Gasteiger partial charge in [-0.2, -0.15) is 13.2 Å². The first-order chi connectivity index (χ1) is 11.9. The third-order valence-corrected chi connectivity index (χ3v) is 4.38. The van der Waals surface area contributed by atoms with Gasteiger partial charge in [-0.05, 0) is 19.3 Å². The van der Waals surface area contributed by atoms with E-state index in [-0.39, 0.29) is 17.8 Å². The second-order valence-corrected chi connectivity index (χ2v) is 5.93. The number of anilines is 2. The maximum Gasteiger partial charge on any atom is 0.408 e. The number of nitrogens with zero attached hydrogens (tertiary/aromatic N) is 2. The van der Waals surface area contributed by atoms with Crippen LogP contribution in [0.4, 0.5) is 24.7 Å². The first kappa shape index (κ1) is 19.6. The standard InChI is InChI=1S/C15H20F3N3O2.C2H6/c16-15(17,18)12-3-1-2-4-21(12)13-9-11(10-14(22)19-13)20-5-7-23-8-6-20;1-2/h9-10,12H,1-8H2,(H,19,22);1-2H3. The predicted octanol–water partition coefficient (Wildman–Crippen LogP) is 3.16. The molecule has 0 aromatic carbocycles. The van der Waals surface area contributed by atoms with Gasteiger partial charge in [0.2, 0.25) is 0 Å². The summed E-state index contributed by atoms with van der Waals surface area (Å²) in [6.45, 7) is 6.66. The van der Waals surface area contributed by atoms with Gasteiger partial charge < -0.3 is 19.5 Å². The average molecular weight is 361 g/mol. The molecule has 1 unspecified atom stereocenters. The van der Waals surface area contributed by atoms with E-state index in [0.717, 1.165) is 0 Å². The monoisotopic (exact) mass is 361 g/mol. The van der Waals surface area contributed by atoms with Gasteiger partial charge in [-0.3, -0.25) is 4.79 Å². The molecule has 0 amide bonds. The van der Waals surface area contributed by atoms with E-state index in [1.54, 1.807) is 6.07 Å². The zero-order valence-electron chi connectivity index (χ0n) is 14.7. The van der Waals surface area contributed by atoms with Gasteiger partial charge >= 0.3 is 6.18 Å². The molecule has 0 radical (unpaired) electrons. The number of rotatable bonds is 2. The number of hydrogen-bond acceptors (Lipinski definition) is 4. The number of ether oxygens (including phenoxy) is 1. The zero-order valence-corrected chi connectivity index (χ0v) is 14.7. The maximum atomic E-state index is 13.3. The molecule has 142 valence electrons. The van der Waals surface area contributed by atoms with Crippen molar-refractivity contribution in [3.8, 4) is 0 Å². The summed E-state index contributed by atoms with van der Waals surface area (Å²) >= 11 is 0. The minimum absolute atomic E-state index is 0.0628. The number of morpholine rings is 1. The van der Waals surface area contributed by atoms with Crippen LogP contribution in [0.2, 0.25) is 0 Å². The molecule has 5 nitrogen and oxygen atoms in total. The lowest BCUT2D eigenvalue weighted by molar-refractivity contribution is -0.152. The normalized spacial score (nSPS) is 21.6.